The van der Waals surface area contributed by atoms with Crippen LogP contribution in [0.25, 0.3) is 0 Å². The van der Waals surface area contributed by atoms with Crippen molar-refractivity contribution in [3.05, 3.63) is 35.9 Å². The molecule has 0 radical (unpaired) electrons. The van der Waals surface area contributed by atoms with Crippen LogP contribution in [0.2, 0.25) is 0 Å². The van der Waals surface area contributed by atoms with Gasteiger partial charge in [-0.1, -0.05) is 30.3 Å². The molecule has 0 aliphatic carbocycles. The van der Waals surface area contributed by atoms with Gasteiger partial charge in [-0.05, 0) is 12.0 Å². The Morgan fingerprint density at radius 3 is 2.62 bits per heavy atom. The quantitative estimate of drug-likeness (QED) is 0.675. The maximum Gasteiger partial charge on any atom is 0.0852 e. The second-order valence-corrected chi connectivity index (χ2v) is 6.02. The van der Waals surface area contributed by atoms with Crippen LogP contribution < -0.4 is 0 Å². The lowest BCUT2D eigenvalue weighted by molar-refractivity contribution is 0.682. The summed E-state index contributed by atoms with van der Waals surface area (Å²) in [4.78, 5) is 0. The first kappa shape index (κ1) is 8.75. The third-order valence-corrected chi connectivity index (χ3v) is 4.00. The highest BCUT2D eigenvalue weighted by Crippen LogP contribution is 2.28. The van der Waals surface area contributed by atoms with Crippen LogP contribution in [-0.2, 0) is 9.73 Å². The van der Waals surface area contributed by atoms with Crippen LogP contribution in [0.3, 0.4) is 0 Å². The minimum atomic E-state index is -1.87. The molecule has 0 N–H and O–H groups in total. The monoisotopic (exact) mass is 195 g/mol. The van der Waals surface area contributed by atoms with Gasteiger partial charge in [0, 0.05) is 21.7 Å². The van der Waals surface area contributed by atoms with Crippen LogP contribution in [0.5, 0.6) is 0 Å². The number of hydrogen-bond acceptors (Lipinski definition) is 2. The van der Waals surface area contributed by atoms with E-state index in [0.29, 0.717) is 0 Å². The average molecular weight is 195 g/mol. The highest BCUT2D eigenvalue weighted by Gasteiger charge is 2.20. The van der Waals surface area contributed by atoms with E-state index >= 15 is 0 Å². The van der Waals surface area contributed by atoms with E-state index in [-0.39, 0.29) is 6.04 Å². The van der Waals surface area contributed by atoms with Gasteiger partial charge in [-0.2, -0.15) is 0 Å². The second kappa shape index (κ2) is 3.14. The van der Waals surface area contributed by atoms with Gasteiger partial charge in [-0.3, -0.25) is 4.21 Å². The van der Waals surface area contributed by atoms with Gasteiger partial charge in [-0.15, -0.1) is 0 Å². The van der Waals surface area contributed by atoms with E-state index in [1.807, 2.05) is 18.2 Å². The molecule has 3 heteroatoms. The Kier molecular flexibility index (Phi) is 2.12. The Labute approximate surface area is 79.2 Å². The highest BCUT2D eigenvalue weighted by molar-refractivity contribution is 7.93. The summed E-state index contributed by atoms with van der Waals surface area (Å²) in [6.45, 7) is 0. The van der Waals surface area contributed by atoms with Crippen molar-refractivity contribution in [1.29, 1.82) is 0 Å². The molecule has 13 heavy (non-hydrogen) atoms. The molecule has 1 unspecified atom stereocenters. The predicted octanol–water partition coefficient (Wildman–Crippen LogP) is 2.23. The molecule has 1 heterocycles. The minimum absolute atomic E-state index is 0.165. The summed E-state index contributed by atoms with van der Waals surface area (Å²) in [6.07, 6.45) is 2.68. The Balaban J connectivity index is 2.32. The zero-order chi connectivity index (χ0) is 9.31. The van der Waals surface area contributed by atoms with Crippen LogP contribution in [0, 0.1) is 0 Å². The van der Waals surface area contributed by atoms with Crippen molar-refractivity contribution in [2.24, 2.45) is 4.36 Å². The maximum atomic E-state index is 11.6. The molecule has 1 aromatic carbocycles. The van der Waals surface area contributed by atoms with Gasteiger partial charge in [0.2, 0.25) is 0 Å². The molecule has 1 aromatic rings. The van der Waals surface area contributed by atoms with E-state index in [0.717, 1.165) is 12.2 Å². The molecule has 0 aromatic heterocycles. The second-order valence-electron chi connectivity index (χ2n) is 3.48. The number of rotatable bonds is 1. The molecule has 70 valence electrons. The summed E-state index contributed by atoms with van der Waals surface area (Å²) in [5, 5.41) is 0. The molecular weight excluding hydrogens is 182 g/mol. The fraction of sp³-hybridized carbons (Fsp3) is 0.400. The first-order chi connectivity index (χ1) is 6.17. The highest BCUT2D eigenvalue weighted by atomic mass is 32.2. The third-order valence-electron chi connectivity index (χ3n) is 2.30. The van der Waals surface area contributed by atoms with Crippen molar-refractivity contribution in [3.8, 4) is 0 Å². The minimum Gasteiger partial charge on any atom is -0.250 e. The van der Waals surface area contributed by atoms with Gasteiger partial charge >= 0.3 is 0 Å². The lowest BCUT2D eigenvalue weighted by atomic mass is 10.1. The first-order valence-corrected chi connectivity index (χ1v) is 6.50. The Morgan fingerprint density at radius 2 is 2.08 bits per heavy atom. The fourth-order valence-electron chi connectivity index (χ4n) is 1.61. The lowest BCUT2D eigenvalue weighted by Gasteiger charge is -2.04. The molecular formula is C10H13NOS. The molecule has 2 atom stereocenters. The van der Waals surface area contributed by atoms with Crippen molar-refractivity contribution in [3.63, 3.8) is 0 Å². The molecule has 2 rings (SSSR count). The summed E-state index contributed by atoms with van der Waals surface area (Å²) >= 11 is 0. The smallest absolute Gasteiger partial charge is 0.0852 e. The van der Waals surface area contributed by atoms with Gasteiger partial charge in [0.25, 0.3) is 0 Å². The van der Waals surface area contributed by atoms with E-state index in [2.05, 4.69) is 16.5 Å². The number of hydrogen-bond donors (Lipinski definition) is 0. The fourth-order valence-corrected chi connectivity index (χ4v) is 3.14. The van der Waals surface area contributed by atoms with Crippen LogP contribution in [0.4, 0.5) is 0 Å². The summed E-state index contributed by atoms with van der Waals surface area (Å²) < 4.78 is 15.9. The van der Waals surface area contributed by atoms with Crippen LogP contribution in [0.15, 0.2) is 34.7 Å². The normalized spacial score (nSPS) is 32.8. The van der Waals surface area contributed by atoms with E-state index in [1.54, 1.807) is 6.26 Å². The molecule has 2 nitrogen and oxygen atoms in total. The summed E-state index contributed by atoms with van der Waals surface area (Å²) in [5.74, 6) is 0.743. The third kappa shape index (κ3) is 1.91. The molecule has 1 aliphatic heterocycles. The summed E-state index contributed by atoms with van der Waals surface area (Å²) in [7, 11) is -1.87. The Hall–Kier alpha value is -0.830. The molecule has 0 saturated carbocycles. The van der Waals surface area contributed by atoms with Gasteiger partial charge in [0.15, 0.2) is 0 Å². The van der Waals surface area contributed by atoms with E-state index in [4.69, 9.17) is 0 Å². The van der Waals surface area contributed by atoms with Gasteiger partial charge < -0.3 is 0 Å². The van der Waals surface area contributed by atoms with Crippen LogP contribution >= 0.6 is 0 Å². The molecule has 0 fully saturated rings. The number of nitrogens with zero attached hydrogens (tertiary/aromatic N) is 1. The van der Waals surface area contributed by atoms with E-state index < -0.39 is 9.73 Å². The van der Waals surface area contributed by atoms with Crippen LogP contribution in [0.1, 0.15) is 18.0 Å². The molecule has 0 bridgehead atoms. The average Bonchev–Trinajstić information content (AvgIpc) is 2.48. The lowest BCUT2D eigenvalue weighted by Crippen LogP contribution is -1.94. The van der Waals surface area contributed by atoms with E-state index in [9.17, 15) is 4.21 Å². The largest absolute Gasteiger partial charge is 0.250 e. The topological polar surface area (TPSA) is 29.4 Å². The molecule has 0 saturated heterocycles. The van der Waals surface area contributed by atoms with Crippen molar-refractivity contribution < 1.29 is 4.21 Å². The Morgan fingerprint density at radius 1 is 1.38 bits per heavy atom. The maximum absolute atomic E-state index is 11.6. The Bertz CT molecular complexity index is 404. The zero-order valence-corrected chi connectivity index (χ0v) is 8.46. The van der Waals surface area contributed by atoms with Gasteiger partial charge in [-0.25, -0.2) is 4.36 Å². The van der Waals surface area contributed by atoms with Crippen molar-refractivity contribution in [1.82, 2.24) is 0 Å². The van der Waals surface area contributed by atoms with Crippen molar-refractivity contribution in [2.75, 3.05) is 12.0 Å². The standard InChI is InChI=1S/C10H13NOS/c1-13(12)8-7-10(11-13)9-5-3-2-4-6-9/h2-6,10H,7-8H2,1H3/t10-,13?/m1/s1. The SMILES string of the molecule is CS1(=O)=N[C@@H](c2ccccc2)CC1. The predicted molar refractivity (Wildman–Crippen MR) is 55.2 cm³/mol. The molecule has 0 spiro atoms. The molecule has 0 amide bonds. The van der Waals surface area contributed by atoms with E-state index in [1.165, 1.54) is 5.56 Å². The van der Waals surface area contributed by atoms with Gasteiger partial charge in [0.05, 0.1) is 6.04 Å². The first-order valence-electron chi connectivity index (χ1n) is 4.41. The summed E-state index contributed by atoms with van der Waals surface area (Å²) in [6, 6.07) is 10.3. The molecule has 1 aliphatic rings. The zero-order valence-electron chi connectivity index (χ0n) is 7.64. The van der Waals surface area contributed by atoms with Crippen molar-refractivity contribution in [2.45, 2.75) is 12.5 Å². The van der Waals surface area contributed by atoms with Crippen LogP contribution in [-0.4, -0.2) is 16.2 Å². The van der Waals surface area contributed by atoms with Gasteiger partial charge in [0.1, 0.15) is 0 Å². The summed E-state index contributed by atoms with van der Waals surface area (Å²) in [5.41, 5.74) is 1.19. The van der Waals surface area contributed by atoms with Crippen molar-refractivity contribution >= 4 is 9.73 Å². The number of benzene rings is 1.